The third kappa shape index (κ3) is 6.60. The van der Waals surface area contributed by atoms with Crippen LogP contribution in [-0.4, -0.2) is 76.4 Å². The van der Waals surface area contributed by atoms with E-state index in [1.807, 2.05) is 0 Å². The Hall–Kier alpha value is -1.97. The van der Waals surface area contributed by atoms with Crippen molar-refractivity contribution in [2.24, 2.45) is 0 Å². The van der Waals surface area contributed by atoms with Crippen molar-refractivity contribution in [1.82, 2.24) is 14.5 Å². The fourth-order valence-electron chi connectivity index (χ4n) is 2.22. The Morgan fingerprint density at radius 3 is 2.26 bits per heavy atom. The molecule has 1 rings (SSSR count). The second-order valence-electron chi connectivity index (χ2n) is 6.50. The molecule has 0 fully saturated rings. The fraction of sp³-hybridized carbons (Fsp3) is 0.556. The molecule has 152 valence electrons. The van der Waals surface area contributed by atoms with Crippen LogP contribution in [0.3, 0.4) is 0 Å². The number of hydrogen-bond acceptors (Lipinski definition) is 5. The predicted octanol–water partition coefficient (Wildman–Crippen LogP) is 0.940. The summed E-state index contributed by atoms with van der Waals surface area (Å²) >= 11 is 0. The lowest BCUT2D eigenvalue weighted by atomic mass is 10.2. The van der Waals surface area contributed by atoms with Crippen LogP contribution in [0.1, 0.15) is 30.6 Å². The zero-order chi connectivity index (χ0) is 20.6. The first-order valence-corrected chi connectivity index (χ1v) is 10.1. The second-order valence-corrected chi connectivity index (χ2v) is 8.49. The van der Waals surface area contributed by atoms with E-state index in [2.05, 4.69) is 5.32 Å². The highest BCUT2D eigenvalue weighted by Crippen LogP contribution is 2.17. The number of benzene rings is 1. The van der Waals surface area contributed by atoms with E-state index < -0.39 is 10.0 Å². The smallest absolute Gasteiger partial charge is 0.254 e. The first-order valence-electron chi connectivity index (χ1n) is 8.70. The molecule has 9 heteroatoms. The molecule has 0 radical (unpaired) electrons. The van der Waals surface area contributed by atoms with E-state index in [-0.39, 0.29) is 29.3 Å². The molecule has 8 nitrogen and oxygen atoms in total. The maximum absolute atomic E-state index is 12.4. The van der Waals surface area contributed by atoms with Crippen LogP contribution >= 0.6 is 0 Å². The molecule has 1 aromatic carbocycles. The normalized spacial score (nSPS) is 11.7. The Bertz CT molecular complexity index is 732. The molecule has 0 aliphatic carbocycles. The summed E-state index contributed by atoms with van der Waals surface area (Å²) < 4.78 is 31.1. The van der Waals surface area contributed by atoms with E-state index >= 15 is 0 Å². The van der Waals surface area contributed by atoms with Gasteiger partial charge >= 0.3 is 0 Å². The van der Waals surface area contributed by atoms with Crippen LogP contribution in [0.4, 0.5) is 0 Å². The Balaban J connectivity index is 2.72. The van der Waals surface area contributed by atoms with E-state index in [4.69, 9.17) is 4.74 Å². The van der Waals surface area contributed by atoms with Gasteiger partial charge in [-0.05, 0) is 44.5 Å². The summed E-state index contributed by atoms with van der Waals surface area (Å²) in [6.45, 7) is 4.51. The summed E-state index contributed by atoms with van der Waals surface area (Å²) in [5, 5.41) is 2.71. The third-order valence-electron chi connectivity index (χ3n) is 4.08. The van der Waals surface area contributed by atoms with Gasteiger partial charge in [0, 0.05) is 46.0 Å². The highest BCUT2D eigenvalue weighted by atomic mass is 32.2. The molecule has 0 unspecified atom stereocenters. The molecule has 1 N–H and O–H groups in total. The molecule has 0 saturated heterocycles. The number of amides is 2. The molecule has 0 saturated carbocycles. The van der Waals surface area contributed by atoms with Crippen molar-refractivity contribution in [2.45, 2.75) is 31.2 Å². The first-order chi connectivity index (χ1) is 12.6. The summed E-state index contributed by atoms with van der Waals surface area (Å²) in [5.74, 6) is -0.622. The van der Waals surface area contributed by atoms with Crippen molar-refractivity contribution < 1.29 is 22.7 Å². The van der Waals surface area contributed by atoms with Crippen LogP contribution in [0.5, 0.6) is 0 Å². The summed E-state index contributed by atoms with van der Waals surface area (Å²) in [5.41, 5.74) is 0.316. The van der Waals surface area contributed by atoms with Crippen molar-refractivity contribution in [1.29, 1.82) is 0 Å². The van der Waals surface area contributed by atoms with Crippen LogP contribution in [0, 0.1) is 0 Å². The molecule has 0 heterocycles. The highest BCUT2D eigenvalue weighted by molar-refractivity contribution is 7.89. The lowest BCUT2D eigenvalue weighted by Gasteiger charge is -2.21. The molecule has 0 aliphatic rings. The van der Waals surface area contributed by atoms with Crippen molar-refractivity contribution in [2.75, 3.05) is 40.9 Å². The number of methoxy groups -OCH3 is 1. The summed E-state index contributed by atoms with van der Waals surface area (Å²) in [6.07, 6.45) is 0.695. The SMILES string of the molecule is COCCCNC(=O)CN(C)C(=O)c1ccc(S(=O)(=O)N(C)C(C)C)cc1. The quantitative estimate of drug-likeness (QED) is 0.591. The molecule has 1 aromatic rings. The van der Waals surface area contributed by atoms with Gasteiger partial charge < -0.3 is 15.0 Å². The van der Waals surface area contributed by atoms with Crippen LogP contribution in [0.25, 0.3) is 0 Å². The van der Waals surface area contributed by atoms with E-state index in [1.165, 1.54) is 47.6 Å². The standard InChI is InChI=1S/C18H29N3O5S/c1-14(2)21(4)27(24,25)16-9-7-15(8-10-16)18(23)20(3)13-17(22)19-11-6-12-26-5/h7-10,14H,6,11-13H2,1-5H3,(H,19,22). The van der Waals surface area contributed by atoms with Crippen molar-refractivity contribution in [3.05, 3.63) is 29.8 Å². The zero-order valence-electron chi connectivity index (χ0n) is 16.6. The highest BCUT2D eigenvalue weighted by Gasteiger charge is 2.23. The Morgan fingerprint density at radius 2 is 1.74 bits per heavy atom. The monoisotopic (exact) mass is 399 g/mol. The summed E-state index contributed by atoms with van der Waals surface area (Å²) in [4.78, 5) is 25.7. The van der Waals surface area contributed by atoms with Gasteiger partial charge in [0.05, 0.1) is 11.4 Å². The molecule has 27 heavy (non-hydrogen) atoms. The number of nitrogens with one attached hydrogen (secondary N) is 1. The van der Waals surface area contributed by atoms with E-state index in [0.717, 1.165) is 0 Å². The predicted molar refractivity (Wildman–Crippen MR) is 103 cm³/mol. The number of ether oxygens (including phenoxy) is 1. The van der Waals surface area contributed by atoms with Gasteiger partial charge in [-0.3, -0.25) is 9.59 Å². The Morgan fingerprint density at radius 1 is 1.15 bits per heavy atom. The minimum Gasteiger partial charge on any atom is -0.385 e. The second kappa shape index (κ2) is 10.4. The van der Waals surface area contributed by atoms with E-state index in [9.17, 15) is 18.0 Å². The van der Waals surface area contributed by atoms with Gasteiger partial charge in [-0.15, -0.1) is 0 Å². The molecule has 0 bridgehead atoms. The van der Waals surface area contributed by atoms with Gasteiger partial charge in [0.2, 0.25) is 15.9 Å². The number of carbonyl (C=O) groups excluding carboxylic acids is 2. The number of sulfonamides is 1. The Labute approximate surface area is 161 Å². The molecule has 0 aliphatic heterocycles. The van der Waals surface area contributed by atoms with Crippen molar-refractivity contribution in [3.8, 4) is 0 Å². The van der Waals surface area contributed by atoms with Crippen molar-refractivity contribution in [3.63, 3.8) is 0 Å². The topological polar surface area (TPSA) is 96.0 Å². The summed E-state index contributed by atoms with van der Waals surface area (Å²) in [7, 11) is 1.02. The maximum atomic E-state index is 12.4. The number of nitrogens with zero attached hydrogens (tertiary/aromatic N) is 2. The largest absolute Gasteiger partial charge is 0.385 e. The van der Waals surface area contributed by atoms with Crippen LogP contribution in [-0.2, 0) is 19.6 Å². The number of carbonyl (C=O) groups is 2. The third-order valence-corrected chi connectivity index (χ3v) is 6.13. The number of hydrogen-bond donors (Lipinski definition) is 1. The summed E-state index contributed by atoms with van der Waals surface area (Å²) in [6, 6.07) is 5.54. The van der Waals surface area contributed by atoms with Gasteiger partial charge in [0.25, 0.3) is 5.91 Å². The van der Waals surface area contributed by atoms with E-state index in [0.29, 0.717) is 25.1 Å². The minimum absolute atomic E-state index is 0.0814. The average molecular weight is 400 g/mol. The lowest BCUT2D eigenvalue weighted by molar-refractivity contribution is -0.121. The molecule has 0 aromatic heterocycles. The van der Waals surface area contributed by atoms with Crippen LogP contribution < -0.4 is 5.32 Å². The fourth-order valence-corrected chi connectivity index (χ4v) is 3.59. The lowest BCUT2D eigenvalue weighted by Crippen LogP contribution is -2.38. The van der Waals surface area contributed by atoms with E-state index in [1.54, 1.807) is 21.0 Å². The van der Waals surface area contributed by atoms with Gasteiger partial charge in [-0.25, -0.2) is 8.42 Å². The average Bonchev–Trinajstić information content (AvgIpc) is 2.63. The molecule has 0 spiro atoms. The molecular formula is C18H29N3O5S. The van der Waals surface area contributed by atoms with Gasteiger partial charge in [0.1, 0.15) is 0 Å². The minimum atomic E-state index is -3.60. The number of likely N-dealkylation sites (N-methyl/N-ethyl adjacent to an activating group) is 1. The first kappa shape index (κ1) is 23.1. The Kier molecular flexibility index (Phi) is 8.87. The van der Waals surface area contributed by atoms with Crippen molar-refractivity contribution >= 4 is 21.8 Å². The van der Waals surface area contributed by atoms with Crippen LogP contribution in [0.2, 0.25) is 0 Å². The zero-order valence-corrected chi connectivity index (χ0v) is 17.4. The number of rotatable bonds is 10. The molecule has 2 amide bonds. The molecular weight excluding hydrogens is 370 g/mol. The van der Waals surface area contributed by atoms with Gasteiger partial charge in [-0.1, -0.05) is 0 Å². The van der Waals surface area contributed by atoms with Gasteiger partial charge in [-0.2, -0.15) is 4.31 Å². The van der Waals surface area contributed by atoms with Crippen LogP contribution in [0.15, 0.2) is 29.2 Å². The maximum Gasteiger partial charge on any atom is 0.254 e. The molecule has 0 atom stereocenters. The van der Waals surface area contributed by atoms with Gasteiger partial charge in [0.15, 0.2) is 0 Å².